The lowest BCUT2D eigenvalue weighted by Gasteiger charge is -2.16. The summed E-state index contributed by atoms with van der Waals surface area (Å²) >= 11 is 3.39. The number of fused-ring (bicyclic) bond motifs is 1. The first-order valence-electron chi connectivity index (χ1n) is 10.5. The molecule has 0 unspecified atom stereocenters. The number of pyridine rings is 1. The van der Waals surface area contributed by atoms with Gasteiger partial charge in [0.15, 0.2) is 6.10 Å². The van der Waals surface area contributed by atoms with Gasteiger partial charge in [0.1, 0.15) is 0 Å². The van der Waals surface area contributed by atoms with Crippen molar-refractivity contribution in [2.75, 3.05) is 5.32 Å². The van der Waals surface area contributed by atoms with Crippen molar-refractivity contribution >= 4 is 44.4 Å². The van der Waals surface area contributed by atoms with Crippen LogP contribution >= 0.6 is 15.9 Å². The van der Waals surface area contributed by atoms with Crippen molar-refractivity contribution < 1.29 is 27.5 Å². The van der Waals surface area contributed by atoms with Crippen LogP contribution < -0.4 is 5.32 Å². The number of ether oxygens (including phenoxy) is 1. The first-order valence-corrected chi connectivity index (χ1v) is 11.3. The molecule has 0 aliphatic carbocycles. The van der Waals surface area contributed by atoms with E-state index in [1.807, 2.05) is 30.3 Å². The Kier molecular flexibility index (Phi) is 6.88. The summed E-state index contributed by atoms with van der Waals surface area (Å²) in [5, 5.41) is 2.88. The fourth-order valence-electron chi connectivity index (χ4n) is 3.42. The minimum absolute atomic E-state index is 0.0580. The first kappa shape index (κ1) is 24.4. The average molecular weight is 543 g/mol. The molecule has 5 nitrogen and oxygen atoms in total. The molecule has 0 radical (unpaired) electrons. The van der Waals surface area contributed by atoms with Gasteiger partial charge >= 0.3 is 12.1 Å². The van der Waals surface area contributed by atoms with Crippen molar-refractivity contribution in [1.29, 1.82) is 0 Å². The van der Waals surface area contributed by atoms with E-state index in [9.17, 15) is 22.8 Å². The van der Waals surface area contributed by atoms with E-state index in [4.69, 9.17) is 4.74 Å². The highest BCUT2D eigenvalue weighted by atomic mass is 79.9. The number of carbonyl (C=O) groups excluding carboxylic acids is 2. The van der Waals surface area contributed by atoms with Gasteiger partial charge in [-0.2, -0.15) is 13.2 Å². The number of hydrogen-bond acceptors (Lipinski definition) is 4. The Balaban J connectivity index is 1.59. The second kappa shape index (κ2) is 9.87. The van der Waals surface area contributed by atoms with E-state index in [0.29, 0.717) is 16.6 Å². The zero-order valence-corrected chi connectivity index (χ0v) is 19.9. The number of amides is 1. The van der Waals surface area contributed by atoms with E-state index in [1.54, 1.807) is 24.3 Å². The van der Waals surface area contributed by atoms with Crippen LogP contribution in [0.5, 0.6) is 0 Å². The van der Waals surface area contributed by atoms with Crippen LogP contribution in [-0.4, -0.2) is 23.0 Å². The summed E-state index contributed by atoms with van der Waals surface area (Å²) in [4.78, 5) is 30.3. The molecule has 0 spiro atoms. The second-order valence-corrected chi connectivity index (χ2v) is 8.61. The minimum atomic E-state index is -4.55. The lowest BCUT2D eigenvalue weighted by atomic mass is 10.0. The quantitative estimate of drug-likeness (QED) is 0.279. The zero-order valence-electron chi connectivity index (χ0n) is 18.3. The molecule has 1 N–H and O–H groups in total. The average Bonchev–Trinajstić information content (AvgIpc) is 2.83. The zero-order chi connectivity index (χ0) is 25.2. The van der Waals surface area contributed by atoms with Gasteiger partial charge in [-0.25, -0.2) is 9.78 Å². The highest BCUT2D eigenvalue weighted by Gasteiger charge is 2.31. The number of benzene rings is 3. The van der Waals surface area contributed by atoms with Crippen molar-refractivity contribution in [2.45, 2.75) is 19.2 Å². The number of carbonyl (C=O) groups is 2. The topological polar surface area (TPSA) is 68.3 Å². The number of rotatable bonds is 5. The number of halogens is 4. The predicted octanol–water partition coefficient (Wildman–Crippen LogP) is 6.87. The van der Waals surface area contributed by atoms with Gasteiger partial charge in [-0.15, -0.1) is 0 Å². The van der Waals surface area contributed by atoms with Gasteiger partial charge in [0.2, 0.25) is 0 Å². The molecule has 0 aliphatic rings. The maximum Gasteiger partial charge on any atom is 0.416 e. The monoisotopic (exact) mass is 542 g/mol. The highest BCUT2D eigenvalue weighted by molar-refractivity contribution is 9.10. The maximum absolute atomic E-state index is 13.1. The molecular weight excluding hydrogens is 525 g/mol. The Bertz CT molecular complexity index is 1410. The van der Waals surface area contributed by atoms with Gasteiger partial charge in [-0.1, -0.05) is 52.3 Å². The smallest absolute Gasteiger partial charge is 0.416 e. The molecular formula is C26H18BrF3N2O3. The van der Waals surface area contributed by atoms with Crippen LogP contribution in [0.1, 0.15) is 22.8 Å². The Morgan fingerprint density at radius 3 is 2.43 bits per heavy atom. The summed E-state index contributed by atoms with van der Waals surface area (Å²) in [6.45, 7) is 1.35. The van der Waals surface area contributed by atoms with Gasteiger partial charge in [0.25, 0.3) is 5.91 Å². The van der Waals surface area contributed by atoms with Crippen LogP contribution in [0.4, 0.5) is 18.9 Å². The maximum atomic E-state index is 13.1. The molecule has 0 saturated heterocycles. The number of hydrogen-bond donors (Lipinski definition) is 1. The van der Waals surface area contributed by atoms with Crippen LogP contribution in [0.25, 0.3) is 22.2 Å². The number of aromatic nitrogens is 1. The molecule has 1 heterocycles. The summed E-state index contributed by atoms with van der Waals surface area (Å²) in [5.74, 6) is -1.53. The first-order chi connectivity index (χ1) is 16.6. The predicted molar refractivity (Wildman–Crippen MR) is 130 cm³/mol. The number of nitrogens with zero attached hydrogens (tertiary/aromatic N) is 1. The summed E-state index contributed by atoms with van der Waals surface area (Å²) in [7, 11) is 0. The third-order valence-corrected chi connectivity index (χ3v) is 5.66. The van der Waals surface area contributed by atoms with Gasteiger partial charge < -0.3 is 10.1 Å². The fourth-order valence-corrected chi connectivity index (χ4v) is 3.78. The van der Waals surface area contributed by atoms with Crippen molar-refractivity contribution in [1.82, 2.24) is 4.98 Å². The summed E-state index contributed by atoms with van der Waals surface area (Å²) in [6.07, 6.45) is -5.82. The highest BCUT2D eigenvalue weighted by Crippen LogP contribution is 2.31. The van der Waals surface area contributed by atoms with Gasteiger partial charge in [-0.05, 0) is 49.4 Å². The number of anilines is 1. The Morgan fingerprint density at radius 1 is 0.971 bits per heavy atom. The van der Waals surface area contributed by atoms with E-state index in [0.717, 1.165) is 22.2 Å². The van der Waals surface area contributed by atoms with Crippen molar-refractivity contribution in [3.05, 3.63) is 94.5 Å². The van der Waals surface area contributed by atoms with E-state index in [2.05, 4.69) is 26.2 Å². The summed E-state index contributed by atoms with van der Waals surface area (Å²) in [5.41, 5.74) is 1.14. The van der Waals surface area contributed by atoms with Crippen LogP contribution in [0, 0.1) is 0 Å². The fraction of sp³-hybridized carbons (Fsp3) is 0.115. The molecule has 0 aliphatic heterocycles. The number of nitrogens with one attached hydrogen (secondary N) is 1. The van der Waals surface area contributed by atoms with Crippen LogP contribution in [0.3, 0.4) is 0 Å². The van der Waals surface area contributed by atoms with Crippen LogP contribution in [0.15, 0.2) is 83.3 Å². The number of esters is 1. The lowest BCUT2D eigenvalue weighted by Crippen LogP contribution is -2.30. The third kappa shape index (κ3) is 5.68. The molecule has 35 heavy (non-hydrogen) atoms. The van der Waals surface area contributed by atoms with Crippen LogP contribution in [0.2, 0.25) is 0 Å². The second-order valence-electron chi connectivity index (χ2n) is 7.70. The van der Waals surface area contributed by atoms with E-state index in [1.165, 1.54) is 19.1 Å². The van der Waals surface area contributed by atoms with Gasteiger partial charge in [0, 0.05) is 21.1 Å². The lowest BCUT2D eigenvalue weighted by molar-refractivity contribution is -0.137. The van der Waals surface area contributed by atoms with E-state index >= 15 is 0 Å². The van der Waals surface area contributed by atoms with Crippen molar-refractivity contribution in [3.8, 4) is 11.3 Å². The largest absolute Gasteiger partial charge is 0.449 e. The number of alkyl halides is 3. The molecule has 1 aromatic heterocycles. The minimum Gasteiger partial charge on any atom is -0.449 e. The molecule has 178 valence electrons. The van der Waals surface area contributed by atoms with Gasteiger partial charge in [0.05, 0.1) is 22.3 Å². The standard InChI is InChI=1S/C26H18BrF3N2O3/c1-15(24(33)31-19-9-5-8-17(12-19)26(28,29)30)35-25(34)21-14-23(16-6-3-2-4-7-16)32-22-11-10-18(27)13-20(21)22/h2-15H,1H3,(H,31,33)/t15-/m0/s1. The summed E-state index contributed by atoms with van der Waals surface area (Å²) < 4.78 is 44.9. The van der Waals surface area contributed by atoms with Crippen LogP contribution in [-0.2, 0) is 15.7 Å². The Morgan fingerprint density at radius 2 is 1.71 bits per heavy atom. The molecule has 0 fully saturated rings. The molecule has 3 aromatic carbocycles. The SMILES string of the molecule is C[C@H](OC(=O)c1cc(-c2ccccc2)nc2ccc(Br)cc12)C(=O)Nc1cccc(C(F)(F)F)c1. The van der Waals surface area contributed by atoms with Crippen molar-refractivity contribution in [3.63, 3.8) is 0 Å². The van der Waals surface area contributed by atoms with Crippen molar-refractivity contribution in [2.24, 2.45) is 0 Å². The van der Waals surface area contributed by atoms with E-state index < -0.39 is 29.7 Å². The van der Waals surface area contributed by atoms with Gasteiger partial charge in [-0.3, -0.25) is 4.79 Å². The molecule has 0 bridgehead atoms. The third-order valence-electron chi connectivity index (χ3n) is 5.17. The van der Waals surface area contributed by atoms with E-state index in [-0.39, 0.29) is 11.3 Å². The Labute approximate surface area is 207 Å². The Hall–Kier alpha value is -3.72. The molecule has 1 atom stereocenters. The molecule has 9 heteroatoms. The normalized spacial score (nSPS) is 12.3. The molecule has 0 saturated carbocycles. The molecule has 4 aromatic rings. The summed E-state index contributed by atoms with van der Waals surface area (Å²) in [6, 6.07) is 20.3. The molecule has 1 amide bonds. The molecule has 4 rings (SSSR count).